The summed E-state index contributed by atoms with van der Waals surface area (Å²) in [6.07, 6.45) is 0. The molecule has 6 heteroatoms. The summed E-state index contributed by atoms with van der Waals surface area (Å²) in [4.78, 5) is 25.3. The van der Waals surface area contributed by atoms with Gasteiger partial charge in [-0.15, -0.1) is 11.3 Å². The van der Waals surface area contributed by atoms with Crippen molar-refractivity contribution in [3.8, 4) is 67.9 Å². The van der Waals surface area contributed by atoms with Crippen LogP contribution in [0.1, 0.15) is 0 Å². The lowest BCUT2D eigenvalue weighted by Gasteiger charge is -2.10. The van der Waals surface area contributed by atoms with Gasteiger partial charge in [-0.25, -0.2) is 24.9 Å². The zero-order chi connectivity index (χ0) is 32.6. The Labute approximate surface area is 287 Å². The summed E-state index contributed by atoms with van der Waals surface area (Å²) < 4.78 is 2.28. The third kappa shape index (κ3) is 5.54. The van der Waals surface area contributed by atoms with Crippen LogP contribution in [0.25, 0.3) is 88.2 Å². The Morgan fingerprint density at radius 1 is 0.327 bits per heavy atom. The van der Waals surface area contributed by atoms with Gasteiger partial charge in [-0.2, -0.15) is 0 Å². The molecule has 3 heterocycles. The highest BCUT2D eigenvalue weighted by Gasteiger charge is 2.18. The molecule has 0 aliphatic carbocycles. The number of hydrogen-bond acceptors (Lipinski definition) is 6. The molecule has 0 radical (unpaired) electrons. The summed E-state index contributed by atoms with van der Waals surface area (Å²) in [5.74, 6) is 2.48. The van der Waals surface area contributed by atoms with Gasteiger partial charge < -0.3 is 0 Å². The van der Waals surface area contributed by atoms with Crippen LogP contribution in [0.2, 0.25) is 0 Å². The molecule has 9 aromatic rings. The number of benzene rings is 6. The molecule has 5 nitrogen and oxygen atoms in total. The van der Waals surface area contributed by atoms with Crippen LogP contribution >= 0.6 is 11.3 Å². The smallest absolute Gasteiger partial charge is 0.164 e. The molecule has 3 aromatic heterocycles. The first-order valence-electron chi connectivity index (χ1n) is 16.1. The van der Waals surface area contributed by atoms with Gasteiger partial charge in [-0.1, -0.05) is 152 Å². The Bertz CT molecular complexity index is 2580. The second-order valence-corrected chi connectivity index (χ2v) is 12.8. The molecule has 0 atom stereocenters. The molecule has 9 rings (SSSR count). The van der Waals surface area contributed by atoms with E-state index >= 15 is 0 Å². The summed E-state index contributed by atoms with van der Waals surface area (Å²) >= 11 is 1.73. The van der Waals surface area contributed by atoms with Crippen molar-refractivity contribution in [3.63, 3.8) is 0 Å². The van der Waals surface area contributed by atoms with Crippen LogP contribution in [0.3, 0.4) is 0 Å². The Morgan fingerprint density at radius 3 is 1.43 bits per heavy atom. The molecule has 0 saturated carbocycles. The molecule has 0 aliphatic heterocycles. The van der Waals surface area contributed by atoms with E-state index in [9.17, 15) is 0 Å². The Hall–Kier alpha value is -6.37. The number of rotatable bonds is 6. The van der Waals surface area contributed by atoms with Gasteiger partial charge >= 0.3 is 0 Å². The average molecular weight is 646 g/mol. The van der Waals surface area contributed by atoms with Crippen LogP contribution < -0.4 is 0 Å². The fourth-order valence-corrected chi connectivity index (χ4v) is 7.26. The molecule has 230 valence electrons. The van der Waals surface area contributed by atoms with E-state index in [1.54, 1.807) is 11.3 Å². The normalized spacial score (nSPS) is 11.3. The van der Waals surface area contributed by atoms with Crippen LogP contribution in [0.15, 0.2) is 164 Å². The minimum absolute atomic E-state index is 0.586. The van der Waals surface area contributed by atoms with Crippen molar-refractivity contribution in [1.29, 1.82) is 0 Å². The largest absolute Gasteiger partial charge is 0.226 e. The van der Waals surface area contributed by atoms with E-state index < -0.39 is 0 Å². The van der Waals surface area contributed by atoms with Gasteiger partial charge in [-0.3, -0.25) is 0 Å². The van der Waals surface area contributed by atoms with Crippen LogP contribution in [0.4, 0.5) is 0 Å². The average Bonchev–Trinajstić information content (AvgIpc) is 3.57. The maximum Gasteiger partial charge on any atom is 0.164 e. The Kier molecular flexibility index (Phi) is 7.26. The van der Waals surface area contributed by atoms with E-state index in [2.05, 4.69) is 109 Å². The Balaban J connectivity index is 1.18. The van der Waals surface area contributed by atoms with Crippen molar-refractivity contribution < 1.29 is 0 Å². The zero-order valence-corrected chi connectivity index (χ0v) is 27.0. The van der Waals surface area contributed by atoms with Gasteiger partial charge in [0.1, 0.15) is 0 Å². The first-order chi connectivity index (χ1) is 24.3. The van der Waals surface area contributed by atoms with Gasteiger partial charge in [0.15, 0.2) is 23.3 Å². The summed E-state index contributed by atoms with van der Waals surface area (Å²) in [6.45, 7) is 0. The lowest BCUT2D eigenvalue weighted by atomic mass is 10.0. The van der Waals surface area contributed by atoms with Crippen molar-refractivity contribution in [2.24, 2.45) is 0 Å². The first kappa shape index (κ1) is 28.8. The molecule has 0 bridgehead atoms. The number of aromatic nitrogens is 5. The van der Waals surface area contributed by atoms with Gasteiger partial charge in [-0.05, 0) is 23.3 Å². The fourth-order valence-electron chi connectivity index (χ4n) is 6.10. The molecule has 49 heavy (non-hydrogen) atoms. The molecular formula is C43H27N5S. The third-order valence-electron chi connectivity index (χ3n) is 8.56. The second-order valence-electron chi connectivity index (χ2n) is 11.7. The van der Waals surface area contributed by atoms with E-state index in [-0.39, 0.29) is 0 Å². The minimum atomic E-state index is 0.586. The van der Waals surface area contributed by atoms with Gasteiger partial charge in [0.25, 0.3) is 0 Å². The van der Waals surface area contributed by atoms with Crippen molar-refractivity contribution in [2.45, 2.75) is 0 Å². The molecule has 0 amide bonds. The predicted molar refractivity (Wildman–Crippen MR) is 201 cm³/mol. The molecule has 6 aromatic carbocycles. The standard InChI is InChI=1S/C43H27N5S/c1-4-13-28(14-5-1)29-23-25-32(26-24-29)41-46-40(31-17-8-3-9-18-31)47-43(48-41)34-20-12-19-33(27-34)42-44-37(30-15-6-2-7-16-30)39-38(45-42)35-21-10-11-22-36(35)49-39/h1-27H. The van der Waals surface area contributed by atoms with Crippen molar-refractivity contribution in [3.05, 3.63) is 164 Å². The van der Waals surface area contributed by atoms with E-state index in [0.717, 1.165) is 54.7 Å². The molecule has 0 fully saturated rings. The molecule has 0 unspecified atom stereocenters. The lowest BCUT2D eigenvalue weighted by molar-refractivity contribution is 1.07. The topological polar surface area (TPSA) is 64.5 Å². The minimum Gasteiger partial charge on any atom is -0.226 e. The number of hydrogen-bond donors (Lipinski definition) is 0. The van der Waals surface area contributed by atoms with Crippen LogP contribution in [0.5, 0.6) is 0 Å². The maximum atomic E-state index is 5.18. The molecule has 0 spiro atoms. The molecule has 0 N–H and O–H groups in total. The van der Waals surface area contributed by atoms with E-state index in [4.69, 9.17) is 24.9 Å². The third-order valence-corrected chi connectivity index (χ3v) is 9.73. The number of thiophene rings is 1. The van der Waals surface area contributed by atoms with Gasteiger partial charge in [0.2, 0.25) is 0 Å². The van der Waals surface area contributed by atoms with Crippen molar-refractivity contribution in [1.82, 2.24) is 24.9 Å². The van der Waals surface area contributed by atoms with Crippen LogP contribution in [-0.4, -0.2) is 24.9 Å². The summed E-state index contributed by atoms with van der Waals surface area (Å²) in [5, 5.41) is 1.13. The van der Waals surface area contributed by atoms with E-state index in [1.807, 2.05) is 54.6 Å². The first-order valence-corrected chi connectivity index (χ1v) is 16.9. The highest BCUT2D eigenvalue weighted by molar-refractivity contribution is 7.26. The molecular weight excluding hydrogens is 619 g/mol. The SMILES string of the molecule is c1ccc(-c2ccc(-c3nc(-c4ccccc4)nc(-c4cccc(-c5nc(-c6ccccc6)c6sc7ccccc7c6n5)c4)n3)cc2)cc1. The number of nitrogens with zero attached hydrogens (tertiary/aromatic N) is 5. The van der Waals surface area contributed by atoms with E-state index in [0.29, 0.717) is 23.3 Å². The van der Waals surface area contributed by atoms with Crippen molar-refractivity contribution in [2.75, 3.05) is 0 Å². The predicted octanol–water partition coefficient (Wildman–Crippen LogP) is 11.0. The van der Waals surface area contributed by atoms with Crippen molar-refractivity contribution >= 4 is 31.6 Å². The summed E-state index contributed by atoms with van der Waals surface area (Å²) in [5.41, 5.74) is 8.85. The molecule has 0 saturated heterocycles. The molecule has 0 aliphatic rings. The van der Waals surface area contributed by atoms with Gasteiger partial charge in [0.05, 0.1) is 15.9 Å². The van der Waals surface area contributed by atoms with Crippen LogP contribution in [0, 0.1) is 0 Å². The maximum absolute atomic E-state index is 5.18. The monoisotopic (exact) mass is 645 g/mol. The highest BCUT2D eigenvalue weighted by atomic mass is 32.1. The Morgan fingerprint density at radius 2 is 0.776 bits per heavy atom. The second kappa shape index (κ2) is 12.3. The quantitative estimate of drug-likeness (QED) is 0.180. The number of fused-ring (bicyclic) bond motifs is 3. The summed E-state index contributed by atoms with van der Waals surface area (Å²) in [7, 11) is 0. The lowest BCUT2D eigenvalue weighted by Crippen LogP contribution is -2.00. The zero-order valence-electron chi connectivity index (χ0n) is 26.2. The van der Waals surface area contributed by atoms with Crippen LogP contribution in [-0.2, 0) is 0 Å². The fraction of sp³-hybridized carbons (Fsp3) is 0. The van der Waals surface area contributed by atoms with Gasteiger partial charge in [0, 0.05) is 37.9 Å². The summed E-state index contributed by atoms with van der Waals surface area (Å²) in [6, 6.07) is 55.7. The highest BCUT2D eigenvalue weighted by Crippen LogP contribution is 2.39. The van der Waals surface area contributed by atoms with E-state index in [1.165, 1.54) is 10.3 Å².